The SMILES string of the molecule is COc1cc(C(=O)N2CCN(C(=O)[C@@H]3COc4ccccc4O3)CC2)ccc1OCc1ccccc1. The Balaban J connectivity index is 1.17. The number of benzene rings is 3. The molecule has 0 aliphatic carbocycles. The molecule has 0 aromatic heterocycles. The van der Waals surface area contributed by atoms with Crippen molar-refractivity contribution in [3.05, 3.63) is 83.9 Å². The van der Waals surface area contributed by atoms with E-state index in [4.69, 9.17) is 18.9 Å². The molecule has 5 rings (SSSR count). The van der Waals surface area contributed by atoms with Crippen LogP contribution in [0, 0.1) is 0 Å². The average molecular weight is 489 g/mol. The number of nitrogens with zero attached hydrogens (tertiary/aromatic N) is 2. The van der Waals surface area contributed by atoms with Crippen LogP contribution in [-0.2, 0) is 11.4 Å². The summed E-state index contributed by atoms with van der Waals surface area (Å²) < 4.78 is 22.9. The maximum absolute atomic E-state index is 13.2. The number of amides is 2. The first-order valence-electron chi connectivity index (χ1n) is 11.9. The normalized spacial score (nSPS) is 16.9. The number of hydrogen-bond donors (Lipinski definition) is 0. The van der Waals surface area contributed by atoms with Crippen LogP contribution in [0.4, 0.5) is 0 Å². The van der Waals surface area contributed by atoms with Crippen LogP contribution in [0.3, 0.4) is 0 Å². The van der Waals surface area contributed by atoms with Gasteiger partial charge < -0.3 is 28.7 Å². The first-order chi connectivity index (χ1) is 17.6. The Labute approximate surface area is 209 Å². The van der Waals surface area contributed by atoms with E-state index in [9.17, 15) is 9.59 Å². The Morgan fingerprint density at radius 3 is 2.31 bits per heavy atom. The van der Waals surface area contributed by atoms with Gasteiger partial charge in [-0.1, -0.05) is 42.5 Å². The standard InChI is InChI=1S/C28H28N2O6/c1-33-25-17-21(11-12-23(25)34-18-20-7-3-2-4-8-20)27(31)29-13-15-30(16-14-29)28(32)26-19-35-22-9-5-6-10-24(22)36-26/h2-12,17,26H,13-16,18-19H2,1H3/t26-/m0/s1. The number of fused-ring (bicyclic) bond motifs is 1. The van der Waals surface area contributed by atoms with Crippen molar-refractivity contribution in [3.8, 4) is 23.0 Å². The zero-order valence-electron chi connectivity index (χ0n) is 20.1. The zero-order chi connectivity index (χ0) is 24.9. The minimum absolute atomic E-state index is 0.110. The van der Waals surface area contributed by atoms with Gasteiger partial charge in [0, 0.05) is 31.7 Å². The fraction of sp³-hybridized carbons (Fsp3) is 0.286. The Morgan fingerprint density at radius 2 is 1.56 bits per heavy atom. The second kappa shape index (κ2) is 10.6. The van der Waals surface area contributed by atoms with Gasteiger partial charge in [-0.2, -0.15) is 0 Å². The van der Waals surface area contributed by atoms with Crippen molar-refractivity contribution < 1.29 is 28.5 Å². The number of carbonyl (C=O) groups is 2. The molecule has 3 aromatic rings. The van der Waals surface area contributed by atoms with E-state index in [1.54, 1.807) is 41.2 Å². The Bertz CT molecular complexity index is 1220. The van der Waals surface area contributed by atoms with E-state index in [0.717, 1.165) is 5.56 Å². The molecule has 186 valence electrons. The Hall–Kier alpha value is -4.20. The van der Waals surface area contributed by atoms with Crippen molar-refractivity contribution in [1.82, 2.24) is 9.80 Å². The van der Waals surface area contributed by atoms with Crippen LogP contribution in [-0.4, -0.2) is 67.6 Å². The second-order valence-corrected chi connectivity index (χ2v) is 8.62. The van der Waals surface area contributed by atoms with E-state index >= 15 is 0 Å². The van der Waals surface area contributed by atoms with Crippen molar-refractivity contribution in [3.63, 3.8) is 0 Å². The fourth-order valence-electron chi connectivity index (χ4n) is 4.31. The average Bonchev–Trinajstić information content (AvgIpc) is 2.95. The summed E-state index contributed by atoms with van der Waals surface area (Å²) in [5, 5.41) is 0. The molecule has 2 amide bonds. The molecular formula is C28H28N2O6. The molecule has 8 nitrogen and oxygen atoms in total. The summed E-state index contributed by atoms with van der Waals surface area (Å²) in [6, 6.07) is 22.4. The molecule has 2 aliphatic rings. The molecule has 1 fully saturated rings. The third-order valence-corrected chi connectivity index (χ3v) is 6.31. The van der Waals surface area contributed by atoms with Crippen molar-refractivity contribution in [2.45, 2.75) is 12.7 Å². The highest BCUT2D eigenvalue weighted by atomic mass is 16.6. The summed E-state index contributed by atoms with van der Waals surface area (Å²) in [6.07, 6.45) is -0.685. The summed E-state index contributed by atoms with van der Waals surface area (Å²) in [7, 11) is 1.55. The lowest BCUT2D eigenvalue weighted by molar-refractivity contribution is -0.142. The van der Waals surface area contributed by atoms with Gasteiger partial charge in [0.15, 0.2) is 23.0 Å². The van der Waals surface area contributed by atoms with Gasteiger partial charge in [-0.3, -0.25) is 9.59 Å². The van der Waals surface area contributed by atoms with Crippen molar-refractivity contribution in [2.75, 3.05) is 39.9 Å². The van der Waals surface area contributed by atoms with Crippen LogP contribution in [0.5, 0.6) is 23.0 Å². The fourth-order valence-corrected chi connectivity index (χ4v) is 4.31. The number of para-hydroxylation sites is 2. The molecule has 0 spiro atoms. The van der Waals surface area contributed by atoms with Gasteiger partial charge in [0.1, 0.15) is 13.2 Å². The molecule has 2 aliphatic heterocycles. The monoisotopic (exact) mass is 488 g/mol. The van der Waals surface area contributed by atoms with Crippen LogP contribution < -0.4 is 18.9 Å². The predicted octanol–water partition coefficient (Wildman–Crippen LogP) is 3.40. The lowest BCUT2D eigenvalue weighted by atomic mass is 10.1. The molecule has 2 heterocycles. The van der Waals surface area contributed by atoms with Crippen LogP contribution in [0.2, 0.25) is 0 Å². The molecular weight excluding hydrogens is 460 g/mol. The van der Waals surface area contributed by atoms with Crippen molar-refractivity contribution in [1.29, 1.82) is 0 Å². The van der Waals surface area contributed by atoms with E-state index in [1.165, 1.54) is 0 Å². The van der Waals surface area contributed by atoms with Crippen LogP contribution >= 0.6 is 0 Å². The Kier molecular flexibility index (Phi) is 6.93. The van der Waals surface area contributed by atoms with Gasteiger partial charge >= 0.3 is 0 Å². The quantitative estimate of drug-likeness (QED) is 0.529. The Morgan fingerprint density at radius 1 is 0.861 bits per heavy atom. The number of methoxy groups -OCH3 is 1. The first-order valence-corrected chi connectivity index (χ1v) is 11.9. The van der Waals surface area contributed by atoms with Crippen molar-refractivity contribution >= 4 is 11.8 Å². The highest BCUT2D eigenvalue weighted by Gasteiger charge is 2.33. The molecule has 0 radical (unpaired) electrons. The van der Waals surface area contributed by atoms with E-state index in [1.807, 2.05) is 48.5 Å². The lowest BCUT2D eigenvalue weighted by Crippen LogP contribution is -2.55. The van der Waals surface area contributed by atoms with Crippen molar-refractivity contribution in [2.24, 2.45) is 0 Å². The number of hydrogen-bond acceptors (Lipinski definition) is 6. The van der Waals surface area contributed by atoms with Gasteiger partial charge in [-0.25, -0.2) is 0 Å². The van der Waals surface area contributed by atoms with Gasteiger partial charge in [0.05, 0.1) is 7.11 Å². The molecule has 0 unspecified atom stereocenters. The highest BCUT2D eigenvalue weighted by Crippen LogP contribution is 2.32. The summed E-state index contributed by atoms with van der Waals surface area (Å²) >= 11 is 0. The maximum atomic E-state index is 13.2. The topological polar surface area (TPSA) is 77.5 Å². The molecule has 8 heteroatoms. The molecule has 3 aromatic carbocycles. The summed E-state index contributed by atoms with van der Waals surface area (Å²) in [5.41, 5.74) is 1.56. The number of carbonyl (C=O) groups excluding carboxylic acids is 2. The largest absolute Gasteiger partial charge is 0.493 e. The van der Waals surface area contributed by atoms with Crippen LogP contribution in [0.1, 0.15) is 15.9 Å². The first kappa shape index (κ1) is 23.5. The van der Waals surface area contributed by atoms with Gasteiger partial charge in [0.25, 0.3) is 11.8 Å². The molecule has 1 saturated heterocycles. The minimum atomic E-state index is -0.685. The maximum Gasteiger partial charge on any atom is 0.267 e. The van der Waals surface area contributed by atoms with Gasteiger partial charge in [-0.15, -0.1) is 0 Å². The summed E-state index contributed by atoms with van der Waals surface area (Å²) in [4.78, 5) is 29.6. The molecule has 0 bridgehead atoms. The van der Waals surface area contributed by atoms with Crippen LogP contribution in [0.15, 0.2) is 72.8 Å². The minimum Gasteiger partial charge on any atom is -0.493 e. The number of rotatable bonds is 6. The predicted molar refractivity (Wildman–Crippen MR) is 133 cm³/mol. The lowest BCUT2D eigenvalue weighted by Gasteiger charge is -2.37. The van der Waals surface area contributed by atoms with E-state index < -0.39 is 6.10 Å². The molecule has 1 atom stereocenters. The van der Waals surface area contributed by atoms with E-state index in [2.05, 4.69) is 0 Å². The van der Waals surface area contributed by atoms with Gasteiger partial charge in [-0.05, 0) is 35.9 Å². The summed E-state index contributed by atoms with van der Waals surface area (Å²) in [6.45, 7) is 2.31. The molecule has 0 saturated carbocycles. The van der Waals surface area contributed by atoms with Crippen LogP contribution in [0.25, 0.3) is 0 Å². The van der Waals surface area contributed by atoms with Gasteiger partial charge in [0.2, 0.25) is 6.10 Å². The molecule has 0 N–H and O–H groups in total. The third kappa shape index (κ3) is 5.07. The van der Waals surface area contributed by atoms with E-state index in [-0.39, 0.29) is 18.4 Å². The zero-order valence-corrected chi connectivity index (χ0v) is 20.1. The summed E-state index contributed by atoms with van der Waals surface area (Å²) in [5.74, 6) is 2.05. The molecule has 36 heavy (non-hydrogen) atoms. The smallest absolute Gasteiger partial charge is 0.267 e. The second-order valence-electron chi connectivity index (χ2n) is 8.62. The number of ether oxygens (including phenoxy) is 4. The third-order valence-electron chi connectivity index (χ3n) is 6.31. The van der Waals surface area contributed by atoms with E-state index in [0.29, 0.717) is 61.3 Å². The highest BCUT2D eigenvalue weighted by molar-refractivity contribution is 5.95. The number of piperazine rings is 1.